The summed E-state index contributed by atoms with van der Waals surface area (Å²) in [4.78, 5) is 0. The standard InChI is InChI=1S/C2H5.Al.4ClH/c1-2;;;;;/h1H2,2H3;;4*1H/q;+2;;;;/p-4. The molecule has 0 aromatic rings. The summed E-state index contributed by atoms with van der Waals surface area (Å²) in [7, 11) is 0. The Bertz CT molecular complexity index is 9.65. The summed E-state index contributed by atoms with van der Waals surface area (Å²) < 4.78 is 0. The molecular formula is C2H5AlCl4-2. The normalized spacial score (nSPS) is 2.71. The molecule has 7 heavy (non-hydrogen) atoms. The van der Waals surface area contributed by atoms with E-state index in [9.17, 15) is 0 Å². The van der Waals surface area contributed by atoms with Gasteiger partial charge in [-0.2, -0.15) is 0 Å². The van der Waals surface area contributed by atoms with Crippen LogP contribution in [0.3, 0.4) is 0 Å². The van der Waals surface area contributed by atoms with Crippen molar-refractivity contribution in [2.75, 3.05) is 0 Å². The zero-order chi connectivity index (χ0) is 2.71. The maximum atomic E-state index is 2.58. The van der Waals surface area contributed by atoms with Gasteiger partial charge in [-0.15, -0.1) is 0 Å². The van der Waals surface area contributed by atoms with Crippen LogP contribution in [-0.4, -0.2) is 16.3 Å². The van der Waals surface area contributed by atoms with Gasteiger partial charge in [0.25, 0.3) is 0 Å². The molecule has 46 valence electrons. The van der Waals surface area contributed by atoms with Gasteiger partial charge in [0, 0.05) is 0 Å². The number of hydrogen-bond acceptors (Lipinski definition) is 0. The first-order valence-corrected chi connectivity index (χ1v) is 1.93. The van der Waals surface area contributed by atoms with Gasteiger partial charge in [-0.25, -0.2) is 0 Å². The molecule has 0 radical (unpaired) electrons. The predicted octanol–water partition coefficient (Wildman–Crippen LogP) is -11.4. The summed E-state index contributed by atoms with van der Waals surface area (Å²) in [6, 6.07) is 0. The van der Waals surface area contributed by atoms with E-state index in [1.54, 1.807) is 0 Å². The monoisotopic (exact) mass is 196 g/mol. The largest absolute Gasteiger partial charge is 1.00 e. The molecule has 0 N–H and O–H groups in total. The van der Waals surface area contributed by atoms with Crippen LogP contribution in [0.25, 0.3) is 0 Å². The van der Waals surface area contributed by atoms with Crippen LogP contribution in [0.1, 0.15) is 6.92 Å². The molecule has 0 aliphatic heterocycles. The molecule has 0 amide bonds. The van der Waals surface area contributed by atoms with Crippen LogP contribution in [0, 0.1) is 0 Å². The van der Waals surface area contributed by atoms with Crippen molar-refractivity contribution >= 4 is 16.3 Å². The maximum absolute atomic E-state index is 2.58. The molecule has 0 saturated carbocycles. The summed E-state index contributed by atoms with van der Waals surface area (Å²) in [5.74, 6) is 0. The smallest absolute Gasteiger partial charge is 1.00 e. The van der Waals surface area contributed by atoms with Crippen LogP contribution in [0.2, 0.25) is 5.28 Å². The molecule has 0 aromatic carbocycles. The first kappa shape index (κ1) is 37.7. The minimum Gasteiger partial charge on any atom is -1.00 e. The summed E-state index contributed by atoms with van der Waals surface area (Å²) >= 11 is 2.58. The average Bonchev–Trinajstić information content (AvgIpc) is 0.918. The minimum atomic E-state index is 0. The van der Waals surface area contributed by atoms with E-state index >= 15 is 0 Å². The minimum absolute atomic E-state index is 0. The first-order valence-electron chi connectivity index (χ1n) is 1.12. The molecule has 0 bridgehead atoms. The van der Waals surface area contributed by atoms with Crippen molar-refractivity contribution in [1.29, 1.82) is 0 Å². The third kappa shape index (κ3) is 87.0. The van der Waals surface area contributed by atoms with Crippen LogP contribution in [0.4, 0.5) is 0 Å². The third-order valence-electron chi connectivity index (χ3n) is 0. The molecule has 0 nitrogen and oxygen atoms in total. The maximum Gasteiger partial charge on any atom is -1.00 e. The molecule has 0 atom stereocenters. The van der Waals surface area contributed by atoms with Gasteiger partial charge in [0.05, 0.1) is 0 Å². The molecule has 5 heteroatoms. The Morgan fingerprint density at radius 3 is 1.00 bits per heavy atom. The van der Waals surface area contributed by atoms with E-state index in [0.717, 1.165) is 0 Å². The topological polar surface area (TPSA) is 0 Å². The number of halogens is 4. The SMILES string of the molecule is C[CH2][Al+2].[Cl-].[Cl-].[Cl-].[Cl-]. The molecule has 0 saturated heterocycles. The van der Waals surface area contributed by atoms with Crippen LogP contribution >= 0.6 is 0 Å². The number of hydrogen-bond donors (Lipinski definition) is 0. The number of rotatable bonds is 0. The summed E-state index contributed by atoms with van der Waals surface area (Å²) in [5, 5.41) is 1.17. The fourth-order valence-electron chi connectivity index (χ4n) is 0. The second-order valence-electron chi connectivity index (χ2n) is 0.408. The fraction of sp³-hybridized carbons (Fsp3) is 1.00. The van der Waals surface area contributed by atoms with Gasteiger partial charge < -0.3 is 49.6 Å². The van der Waals surface area contributed by atoms with Crippen molar-refractivity contribution in [1.82, 2.24) is 0 Å². The average molecular weight is 198 g/mol. The Balaban J connectivity index is -0.00000000333. The molecule has 0 spiro atoms. The third-order valence-corrected chi connectivity index (χ3v) is 0. The quantitative estimate of drug-likeness (QED) is 0.339. The van der Waals surface area contributed by atoms with Crippen molar-refractivity contribution in [2.45, 2.75) is 12.2 Å². The van der Waals surface area contributed by atoms with Crippen LogP contribution in [0.15, 0.2) is 0 Å². The molecular weight excluding hydrogens is 193 g/mol. The van der Waals surface area contributed by atoms with E-state index in [1.165, 1.54) is 5.28 Å². The predicted molar refractivity (Wildman–Crippen MR) is 16.2 cm³/mol. The fourth-order valence-corrected chi connectivity index (χ4v) is 0. The Morgan fingerprint density at radius 2 is 1.00 bits per heavy atom. The van der Waals surface area contributed by atoms with E-state index in [1.807, 2.05) is 0 Å². The molecule has 0 aromatic heterocycles. The van der Waals surface area contributed by atoms with Gasteiger partial charge >= 0.3 is 28.5 Å². The van der Waals surface area contributed by atoms with Crippen molar-refractivity contribution < 1.29 is 49.6 Å². The summed E-state index contributed by atoms with van der Waals surface area (Å²) in [6.07, 6.45) is 0. The molecule has 0 heterocycles. The second-order valence-corrected chi connectivity index (χ2v) is 1.22. The van der Waals surface area contributed by atoms with Crippen molar-refractivity contribution in [3.05, 3.63) is 0 Å². The zero-order valence-corrected chi connectivity index (χ0v) is 7.97. The van der Waals surface area contributed by atoms with Crippen LogP contribution in [-0.2, 0) is 0 Å². The first-order chi connectivity index (χ1) is 1.41. The molecule has 0 unspecified atom stereocenters. The Hall–Kier alpha value is 1.69. The van der Waals surface area contributed by atoms with Crippen molar-refractivity contribution in [3.8, 4) is 0 Å². The van der Waals surface area contributed by atoms with Gasteiger partial charge in [0.1, 0.15) is 0 Å². The van der Waals surface area contributed by atoms with E-state index in [0.29, 0.717) is 0 Å². The Morgan fingerprint density at radius 1 is 1.00 bits per heavy atom. The van der Waals surface area contributed by atoms with Gasteiger partial charge in [0.15, 0.2) is 0 Å². The molecule has 0 fully saturated rings. The molecule has 0 rings (SSSR count). The van der Waals surface area contributed by atoms with E-state index < -0.39 is 0 Å². The van der Waals surface area contributed by atoms with Crippen LogP contribution in [0.5, 0.6) is 0 Å². The van der Waals surface area contributed by atoms with Crippen LogP contribution < -0.4 is 49.6 Å². The van der Waals surface area contributed by atoms with E-state index in [4.69, 9.17) is 0 Å². The summed E-state index contributed by atoms with van der Waals surface area (Å²) in [5.41, 5.74) is 0. The van der Waals surface area contributed by atoms with Crippen molar-refractivity contribution in [2.24, 2.45) is 0 Å². The molecule has 0 aliphatic rings. The summed E-state index contributed by atoms with van der Waals surface area (Å²) in [6.45, 7) is 2.09. The van der Waals surface area contributed by atoms with E-state index in [2.05, 4.69) is 23.2 Å². The Kier molecular flexibility index (Phi) is 256. The van der Waals surface area contributed by atoms with Gasteiger partial charge in [-0.1, -0.05) is 0 Å². The Labute approximate surface area is 77.9 Å². The van der Waals surface area contributed by atoms with Gasteiger partial charge in [-0.3, -0.25) is 0 Å². The second kappa shape index (κ2) is 47.5. The van der Waals surface area contributed by atoms with Gasteiger partial charge in [0.2, 0.25) is 0 Å². The molecule has 0 aliphatic carbocycles. The zero-order valence-electron chi connectivity index (χ0n) is 3.80. The van der Waals surface area contributed by atoms with E-state index in [-0.39, 0.29) is 49.6 Å². The van der Waals surface area contributed by atoms with Gasteiger partial charge in [-0.05, 0) is 0 Å². The van der Waals surface area contributed by atoms with Crippen molar-refractivity contribution in [3.63, 3.8) is 0 Å².